The number of methoxy groups -OCH3 is 1. The van der Waals surface area contributed by atoms with E-state index >= 15 is 0 Å². The first-order valence-electron chi connectivity index (χ1n) is 7.73. The Morgan fingerprint density at radius 1 is 1.27 bits per heavy atom. The van der Waals surface area contributed by atoms with Gasteiger partial charge in [-0.05, 0) is 30.4 Å². The highest BCUT2D eigenvalue weighted by atomic mass is 16.5. The van der Waals surface area contributed by atoms with Crippen LogP contribution in [0, 0.1) is 12.8 Å². The fourth-order valence-electron chi connectivity index (χ4n) is 2.62. The van der Waals surface area contributed by atoms with Crippen molar-refractivity contribution in [3.8, 4) is 16.9 Å². The monoisotopic (exact) mass is 300 g/mol. The van der Waals surface area contributed by atoms with Gasteiger partial charge in [-0.15, -0.1) is 0 Å². The molecule has 0 radical (unpaired) electrons. The van der Waals surface area contributed by atoms with Gasteiger partial charge < -0.3 is 4.74 Å². The maximum absolute atomic E-state index is 12.9. The summed E-state index contributed by atoms with van der Waals surface area (Å²) in [7, 11) is 1.60. The van der Waals surface area contributed by atoms with E-state index in [4.69, 9.17) is 4.74 Å². The van der Waals surface area contributed by atoms with Crippen molar-refractivity contribution in [1.29, 1.82) is 0 Å². The largest absolute Gasteiger partial charge is 0.494 e. The van der Waals surface area contributed by atoms with Gasteiger partial charge in [0.25, 0.3) is 5.56 Å². The summed E-state index contributed by atoms with van der Waals surface area (Å²) < 4.78 is 7.12. The maximum atomic E-state index is 12.9. The number of aryl methyl sites for hydroxylation is 2. The SMILES string of the molecule is CCc1nn(CC(C)C)c(=O)c(-c2ccccc2C)c1OC. The zero-order valence-electron chi connectivity index (χ0n) is 14.0. The predicted octanol–water partition coefficient (Wildman–Crippen LogP) is 3.45. The predicted molar refractivity (Wildman–Crippen MR) is 89.4 cm³/mol. The van der Waals surface area contributed by atoms with Gasteiger partial charge in [-0.2, -0.15) is 5.10 Å². The van der Waals surface area contributed by atoms with Gasteiger partial charge in [0.1, 0.15) is 5.69 Å². The van der Waals surface area contributed by atoms with Crippen LogP contribution in [0.25, 0.3) is 11.1 Å². The van der Waals surface area contributed by atoms with Crippen molar-refractivity contribution in [2.75, 3.05) is 7.11 Å². The van der Waals surface area contributed by atoms with E-state index in [1.165, 1.54) is 0 Å². The summed E-state index contributed by atoms with van der Waals surface area (Å²) in [6.07, 6.45) is 0.723. The minimum Gasteiger partial charge on any atom is -0.494 e. The molecular weight excluding hydrogens is 276 g/mol. The van der Waals surface area contributed by atoms with E-state index in [0.717, 1.165) is 23.2 Å². The van der Waals surface area contributed by atoms with Crippen LogP contribution in [0.3, 0.4) is 0 Å². The fraction of sp³-hybridized carbons (Fsp3) is 0.444. The summed E-state index contributed by atoms with van der Waals surface area (Å²) in [5, 5.41) is 4.50. The summed E-state index contributed by atoms with van der Waals surface area (Å²) in [5.41, 5.74) is 3.33. The summed E-state index contributed by atoms with van der Waals surface area (Å²) in [5.74, 6) is 0.954. The van der Waals surface area contributed by atoms with Crippen molar-refractivity contribution in [1.82, 2.24) is 9.78 Å². The Balaban J connectivity index is 2.80. The molecule has 4 nitrogen and oxygen atoms in total. The molecule has 0 aliphatic heterocycles. The Hall–Kier alpha value is -2.10. The lowest BCUT2D eigenvalue weighted by molar-refractivity contribution is 0.393. The minimum absolute atomic E-state index is 0.0861. The van der Waals surface area contributed by atoms with E-state index in [1.54, 1.807) is 11.8 Å². The van der Waals surface area contributed by atoms with Crippen molar-refractivity contribution in [3.63, 3.8) is 0 Å². The number of hydrogen-bond acceptors (Lipinski definition) is 3. The molecule has 2 aromatic rings. The second kappa shape index (κ2) is 6.77. The first-order valence-corrected chi connectivity index (χ1v) is 7.73. The number of ether oxygens (including phenoxy) is 1. The lowest BCUT2D eigenvalue weighted by Crippen LogP contribution is -2.28. The first kappa shape index (κ1) is 16.3. The molecule has 0 amide bonds. The number of hydrogen-bond donors (Lipinski definition) is 0. The van der Waals surface area contributed by atoms with Crippen LogP contribution in [-0.2, 0) is 13.0 Å². The normalized spacial score (nSPS) is 11.0. The van der Waals surface area contributed by atoms with E-state index in [1.807, 2.05) is 38.1 Å². The highest BCUT2D eigenvalue weighted by Gasteiger charge is 2.20. The molecule has 118 valence electrons. The topological polar surface area (TPSA) is 44.1 Å². The highest BCUT2D eigenvalue weighted by Crippen LogP contribution is 2.31. The van der Waals surface area contributed by atoms with E-state index in [0.29, 0.717) is 23.8 Å². The molecule has 1 aromatic carbocycles. The van der Waals surface area contributed by atoms with Crippen LogP contribution in [0.15, 0.2) is 29.1 Å². The maximum Gasteiger partial charge on any atom is 0.278 e. The molecule has 0 aliphatic carbocycles. The molecule has 0 saturated carbocycles. The number of aromatic nitrogens is 2. The lowest BCUT2D eigenvalue weighted by Gasteiger charge is -2.17. The quantitative estimate of drug-likeness (QED) is 0.849. The van der Waals surface area contributed by atoms with Gasteiger partial charge >= 0.3 is 0 Å². The minimum atomic E-state index is -0.0861. The molecule has 0 unspecified atom stereocenters. The number of nitrogens with zero attached hydrogens (tertiary/aromatic N) is 2. The van der Waals surface area contributed by atoms with Crippen LogP contribution < -0.4 is 10.3 Å². The molecule has 1 heterocycles. The van der Waals surface area contributed by atoms with Crippen LogP contribution >= 0.6 is 0 Å². The van der Waals surface area contributed by atoms with Crippen LogP contribution in [0.4, 0.5) is 0 Å². The van der Waals surface area contributed by atoms with Gasteiger partial charge in [-0.1, -0.05) is 45.0 Å². The highest BCUT2D eigenvalue weighted by molar-refractivity contribution is 5.73. The molecule has 0 fully saturated rings. The summed E-state index contributed by atoms with van der Waals surface area (Å²) in [6, 6.07) is 7.89. The van der Waals surface area contributed by atoms with E-state index in [9.17, 15) is 4.79 Å². The van der Waals surface area contributed by atoms with Crippen LogP contribution in [0.5, 0.6) is 5.75 Å². The van der Waals surface area contributed by atoms with E-state index < -0.39 is 0 Å². The van der Waals surface area contributed by atoms with Crippen molar-refractivity contribution in [2.24, 2.45) is 5.92 Å². The van der Waals surface area contributed by atoms with Crippen LogP contribution in [0.1, 0.15) is 32.0 Å². The van der Waals surface area contributed by atoms with E-state index in [2.05, 4.69) is 18.9 Å². The first-order chi connectivity index (χ1) is 10.5. The van der Waals surface area contributed by atoms with Gasteiger partial charge in [-0.25, -0.2) is 4.68 Å². The molecule has 22 heavy (non-hydrogen) atoms. The molecule has 1 aromatic heterocycles. The third-order valence-electron chi connectivity index (χ3n) is 3.67. The number of rotatable bonds is 5. The summed E-state index contributed by atoms with van der Waals surface area (Å²) in [6.45, 7) is 8.80. The summed E-state index contributed by atoms with van der Waals surface area (Å²) >= 11 is 0. The second-order valence-corrected chi connectivity index (χ2v) is 5.90. The summed E-state index contributed by atoms with van der Waals surface area (Å²) in [4.78, 5) is 12.9. The molecule has 0 saturated heterocycles. The molecule has 4 heteroatoms. The average molecular weight is 300 g/mol. The van der Waals surface area contributed by atoms with Gasteiger partial charge in [-0.3, -0.25) is 4.79 Å². The lowest BCUT2D eigenvalue weighted by atomic mass is 10.00. The molecule has 0 aliphatic rings. The van der Waals surface area contributed by atoms with Gasteiger partial charge in [0.05, 0.1) is 12.7 Å². The van der Waals surface area contributed by atoms with Gasteiger partial charge in [0.15, 0.2) is 5.75 Å². The van der Waals surface area contributed by atoms with Crippen molar-refractivity contribution in [3.05, 3.63) is 45.9 Å². The average Bonchev–Trinajstić information content (AvgIpc) is 2.49. The van der Waals surface area contributed by atoms with Crippen LogP contribution in [0.2, 0.25) is 0 Å². The molecule has 2 rings (SSSR count). The molecule has 0 N–H and O–H groups in total. The Kier molecular flexibility index (Phi) is 5.01. The zero-order chi connectivity index (χ0) is 16.3. The fourth-order valence-corrected chi connectivity index (χ4v) is 2.62. The third-order valence-corrected chi connectivity index (χ3v) is 3.67. The Labute approximate surface area is 131 Å². The molecule has 0 bridgehead atoms. The van der Waals surface area contributed by atoms with Crippen molar-refractivity contribution in [2.45, 2.75) is 40.7 Å². The molecule has 0 spiro atoms. The Morgan fingerprint density at radius 2 is 1.95 bits per heavy atom. The van der Waals surface area contributed by atoms with Crippen molar-refractivity contribution < 1.29 is 4.74 Å². The van der Waals surface area contributed by atoms with Crippen molar-refractivity contribution >= 4 is 0 Å². The zero-order valence-corrected chi connectivity index (χ0v) is 14.0. The third kappa shape index (κ3) is 3.06. The standard InChI is InChI=1S/C18H24N2O2/c1-6-15-17(22-5)16(14-10-8-7-9-13(14)4)18(21)20(19-15)11-12(2)3/h7-10,12H,6,11H2,1-5H3. The van der Waals surface area contributed by atoms with Crippen LogP contribution in [-0.4, -0.2) is 16.9 Å². The Morgan fingerprint density at radius 3 is 2.50 bits per heavy atom. The second-order valence-electron chi connectivity index (χ2n) is 5.90. The van der Waals surface area contributed by atoms with E-state index in [-0.39, 0.29) is 5.56 Å². The number of benzene rings is 1. The van der Waals surface area contributed by atoms with Gasteiger partial charge in [0, 0.05) is 6.54 Å². The van der Waals surface area contributed by atoms with Gasteiger partial charge in [0.2, 0.25) is 0 Å². The molecular formula is C18H24N2O2. The smallest absolute Gasteiger partial charge is 0.278 e. The molecule has 0 atom stereocenters. The Bertz CT molecular complexity index is 718.